The van der Waals surface area contributed by atoms with E-state index in [1.54, 1.807) is 4.90 Å². The molecule has 1 saturated heterocycles. The Morgan fingerprint density at radius 3 is 2.50 bits per heavy atom. The number of carbonyl (C=O) groups is 2. The summed E-state index contributed by atoms with van der Waals surface area (Å²) in [5, 5.41) is 12.3. The van der Waals surface area contributed by atoms with Gasteiger partial charge in [-0.25, -0.2) is 13.2 Å². The molecule has 1 aliphatic carbocycles. The zero-order valence-electron chi connectivity index (χ0n) is 13.4. The van der Waals surface area contributed by atoms with Crippen LogP contribution in [0.5, 0.6) is 0 Å². The van der Waals surface area contributed by atoms with Crippen molar-refractivity contribution in [2.45, 2.75) is 24.2 Å². The molecule has 1 aliphatic heterocycles. The first-order valence-corrected chi connectivity index (χ1v) is 9.71. The lowest BCUT2D eigenvalue weighted by atomic mass is 9.81. The highest BCUT2D eigenvalue weighted by molar-refractivity contribution is 7.90. The summed E-state index contributed by atoms with van der Waals surface area (Å²) in [6, 6.07) is 5.57. The van der Waals surface area contributed by atoms with Gasteiger partial charge in [0.05, 0.1) is 10.3 Å². The molecule has 3 rings (SSSR count). The highest BCUT2D eigenvalue weighted by atomic mass is 32.2. The van der Waals surface area contributed by atoms with E-state index in [9.17, 15) is 23.1 Å². The number of carboxylic acids is 1. The van der Waals surface area contributed by atoms with Gasteiger partial charge in [-0.15, -0.1) is 0 Å². The molecule has 0 unspecified atom stereocenters. The van der Waals surface area contributed by atoms with E-state index in [4.69, 9.17) is 0 Å². The third-order valence-corrected chi connectivity index (χ3v) is 6.25. The number of sulfone groups is 1. The lowest BCUT2D eigenvalue weighted by molar-refractivity contribution is -0.149. The second-order valence-corrected chi connectivity index (χ2v) is 8.67. The van der Waals surface area contributed by atoms with Crippen molar-refractivity contribution in [3.05, 3.63) is 24.3 Å². The summed E-state index contributed by atoms with van der Waals surface area (Å²) in [7, 11) is -3.28. The Bertz CT molecular complexity index is 774. The highest BCUT2D eigenvalue weighted by Gasteiger charge is 2.55. The van der Waals surface area contributed by atoms with Crippen molar-refractivity contribution in [2.24, 2.45) is 11.3 Å². The standard InChI is InChI=1S/C16H20N2O5S/c1-24(22,23)13-6-4-12(5-7-13)17-15(21)18-9-11-3-2-8-16(11,10-18)14(19)20/h4-7,11H,2-3,8-10H2,1H3,(H,17,21)(H,19,20)/t11-,16+/m0/s1. The van der Waals surface area contributed by atoms with Crippen LogP contribution in [0, 0.1) is 11.3 Å². The number of aliphatic carboxylic acids is 1. The highest BCUT2D eigenvalue weighted by Crippen LogP contribution is 2.48. The van der Waals surface area contributed by atoms with Gasteiger partial charge in [0.1, 0.15) is 0 Å². The smallest absolute Gasteiger partial charge is 0.321 e. The molecule has 0 radical (unpaired) electrons. The number of benzene rings is 1. The van der Waals surface area contributed by atoms with Crippen molar-refractivity contribution < 1.29 is 23.1 Å². The summed E-state index contributed by atoms with van der Waals surface area (Å²) >= 11 is 0. The van der Waals surface area contributed by atoms with Gasteiger partial charge in [-0.2, -0.15) is 0 Å². The van der Waals surface area contributed by atoms with Crippen LogP contribution in [-0.4, -0.2) is 49.8 Å². The number of carboxylic acid groups (broad SMARTS) is 1. The molecule has 2 fully saturated rings. The van der Waals surface area contributed by atoms with Gasteiger partial charge in [0.15, 0.2) is 9.84 Å². The molecule has 8 heteroatoms. The molecule has 0 aromatic heterocycles. The van der Waals surface area contributed by atoms with E-state index in [2.05, 4.69) is 5.32 Å². The Morgan fingerprint density at radius 1 is 1.29 bits per heavy atom. The average Bonchev–Trinajstić information content (AvgIpc) is 3.04. The fourth-order valence-electron chi connectivity index (χ4n) is 3.78. The molecule has 2 N–H and O–H groups in total. The molecule has 2 aliphatic rings. The minimum absolute atomic E-state index is 0.00774. The number of anilines is 1. The van der Waals surface area contributed by atoms with E-state index in [0.29, 0.717) is 18.7 Å². The number of urea groups is 1. The van der Waals surface area contributed by atoms with E-state index >= 15 is 0 Å². The Morgan fingerprint density at radius 2 is 1.96 bits per heavy atom. The summed E-state index contributed by atoms with van der Waals surface area (Å²) in [6.07, 6.45) is 3.45. The van der Waals surface area contributed by atoms with Crippen molar-refractivity contribution >= 4 is 27.5 Å². The van der Waals surface area contributed by atoms with Crippen LogP contribution < -0.4 is 5.32 Å². The second-order valence-electron chi connectivity index (χ2n) is 6.66. The summed E-state index contributed by atoms with van der Waals surface area (Å²) in [5.74, 6) is -0.814. The van der Waals surface area contributed by atoms with Crippen molar-refractivity contribution in [1.29, 1.82) is 0 Å². The first kappa shape index (κ1) is 16.8. The topological polar surface area (TPSA) is 104 Å². The van der Waals surface area contributed by atoms with Crippen LogP contribution in [0.1, 0.15) is 19.3 Å². The predicted molar refractivity (Wildman–Crippen MR) is 87.6 cm³/mol. The predicted octanol–water partition coefficient (Wildman–Crippen LogP) is 1.81. The minimum atomic E-state index is -3.28. The Labute approximate surface area is 140 Å². The number of nitrogens with zero attached hydrogens (tertiary/aromatic N) is 1. The number of hydrogen-bond donors (Lipinski definition) is 2. The van der Waals surface area contributed by atoms with Gasteiger partial charge in [-0.05, 0) is 43.0 Å². The van der Waals surface area contributed by atoms with E-state index < -0.39 is 21.2 Å². The number of fused-ring (bicyclic) bond motifs is 1. The average molecular weight is 352 g/mol. The van der Waals surface area contributed by atoms with Crippen LogP contribution in [-0.2, 0) is 14.6 Å². The first-order valence-electron chi connectivity index (χ1n) is 7.82. The van der Waals surface area contributed by atoms with Gasteiger partial charge in [0, 0.05) is 25.0 Å². The van der Waals surface area contributed by atoms with Crippen LogP contribution in [0.15, 0.2) is 29.2 Å². The van der Waals surface area contributed by atoms with Crippen molar-refractivity contribution in [3.63, 3.8) is 0 Å². The maximum Gasteiger partial charge on any atom is 0.321 e. The number of carbonyl (C=O) groups excluding carboxylic acids is 1. The zero-order valence-corrected chi connectivity index (χ0v) is 14.2. The summed E-state index contributed by atoms with van der Waals surface area (Å²) in [4.78, 5) is 25.8. The Hall–Kier alpha value is -2.09. The largest absolute Gasteiger partial charge is 0.481 e. The number of hydrogen-bond acceptors (Lipinski definition) is 4. The number of nitrogens with one attached hydrogen (secondary N) is 1. The fourth-order valence-corrected chi connectivity index (χ4v) is 4.41. The van der Waals surface area contributed by atoms with Crippen molar-refractivity contribution in [1.82, 2.24) is 4.90 Å². The fraction of sp³-hybridized carbons (Fsp3) is 0.500. The van der Waals surface area contributed by atoms with E-state index in [-0.39, 0.29) is 23.4 Å². The van der Waals surface area contributed by atoms with Gasteiger partial charge in [0.2, 0.25) is 0 Å². The van der Waals surface area contributed by atoms with Crippen LogP contribution in [0.2, 0.25) is 0 Å². The molecule has 2 amide bonds. The monoisotopic (exact) mass is 352 g/mol. The SMILES string of the molecule is CS(=O)(=O)c1ccc(NC(=O)N2C[C@@H]3CCC[C@@]3(C(=O)O)C2)cc1. The number of likely N-dealkylation sites (tertiary alicyclic amines) is 1. The van der Waals surface area contributed by atoms with Gasteiger partial charge in [-0.1, -0.05) is 6.42 Å². The van der Waals surface area contributed by atoms with Crippen LogP contribution >= 0.6 is 0 Å². The molecule has 0 bridgehead atoms. The summed E-state index contributed by atoms with van der Waals surface area (Å²) in [5.41, 5.74) is -0.328. The molecule has 1 heterocycles. The minimum Gasteiger partial charge on any atom is -0.481 e. The first-order chi connectivity index (χ1) is 11.2. The van der Waals surface area contributed by atoms with Crippen LogP contribution in [0.4, 0.5) is 10.5 Å². The third-order valence-electron chi connectivity index (χ3n) is 5.12. The molecule has 24 heavy (non-hydrogen) atoms. The van der Waals surface area contributed by atoms with Gasteiger partial charge >= 0.3 is 12.0 Å². The summed E-state index contributed by atoms with van der Waals surface area (Å²) < 4.78 is 22.9. The molecule has 1 saturated carbocycles. The van der Waals surface area contributed by atoms with E-state index in [0.717, 1.165) is 19.1 Å². The molecular formula is C16H20N2O5S. The third kappa shape index (κ3) is 2.86. The molecule has 0 spiro atoms. The summed E-state index contributed by atoms with van der Waals surface area (Å²) in [6.45, 7) is 0.666. The zero-order chi connectivity index (χ0) is 17.5. The maximum absolute atomic E-state index is 12.4. The quantitative estimate of drug-likeness (QED) is 0.863. The molecule has 2 atom stereocenters. The molecule has 7 nitrogen and oxygen atoms in total. The van der Waals surface area contributed by atoms with Crippen LogP contribution in [0.25, 0.3) is 0 Å². The number of rotatable bonds is 3. The lowest BCUT2D eigenvalue weighted by Gasteiger charge is -2.23. The van der Waals surface area contributed by atoms with Crippen molar-refractivity contribution in [2.75, 3.05) is 24.7 Å². The second kappa shape index (κ2) is 5.77. The normalized spacial score (nSPS) is 26.2. The molecule has 1 aromatic rings. The van der Waals surface area contributed by atoms with Crippen LogP contribution in [0.3, 0.4) is 0 Å². The lowest BCUT2D eigenvalue weighted by Crippen LogP contribution is -2.38. The maximum atomic E-state index is 12.4. The van der Waals surface area contributed by atoms with Gasteiger partial charge in [0.25, 0.3) is 0 Å². The molecule has 130 valence electrons. The Balaban J connectivity index is 1.69. The van der Waals surface area contributed by atoms with Gasteiger partial charge < -0.3 is 15.3 Å². The molecular weight excluding hydrogens is 332 g/mol. The Kier molecular flexibility index (Phi) is 4.03. The van der Waals surface area contributed by atoms with E-state index in [1.165, 1.54) is 24.3 Å². The number of amides is 2. The van der Waals surface area contributed by atoms with Crippen molar-refractivity contribution in [3.8, 4) is 0 Å². The van der Waals surface area contributed by atoms with Gasteiger partial charge in [-0.3, -0.25) is 4.79 Å². The van der Waals surface area contributed by atoms with E-state index in [1.807, 2.05) is 0 Å². The molecule has 1 aromatic carbocycles.